The van der Waals surface area contributed by atoms with E-state index in [9.17, 15) is 0 Å². The van der Waals surface area contributed by atoms with Crippen molar-refractivity contribution in [3.8, 4) is 0 Å². The third-order valence-electron chi connectivity index (χ3n) is 2.69. The minimum Gasteiger partial charge on any atom is -0.383 e. The van der Waals surface area contributed by atoms with E-state index in [0.717, 1.165) is 22.3 Å². The van der Waals surface area contributed by atoms with Crippen LogP contribution in [0.25, 0.3) is 10.9 Å². The highest BCUT2D eigenvalue weighted by Crippen LogP contribution is 2.23. The average Bonchev–Trinajstić information content (AvgIpc) is 2.46. The van der Waals surface area contributed by atoms with E-state index >= 15 is 0 Å². The van der Waals surface area contributed by atoms with Crippen molar-refractivity contribution < 1.29 is 0 Å². The van der Waals surface area contributed by atoms with E-state index in [1.165, 1.54) is 11.8 Å². The Morgan fingerprint density at radius 1 is 1.00 bits per heavy atom. The smallest absolute Gasteiger partial charge is 0.190 e. The van der Waals surface area contributed by atoms with Crippen LogP contribution in [0.2, 0.25) is 0 Å². The molecule has 0 aliphatic rings. The van der Waals surface area contributed by atoms with Crippen molar-refractivity contribution in [2.45, 2.75) is 10.9 Å². The highest BCUT2D eigenvalue weighted by molar-refractivity contribution is 7.98. The number of aromatic nitrogens is 3. The molecule has 0 saturated heterocycles. The monoisotopic (exact) mass is 268 g/mol. The summed E-state index contributed by atoms with van der Waals surface area (Å²) >= 11 is 1.54. The minimum absolute atomic E-state index is 0.522. The quantitative estimate of drug-likeness (QED) is 0.584. The Hall–Kier alpha value is -2.14. The molecule has 5 heteroatoms. The molecule has 0 spiro atoms. The summed E-state index contributed by atoms with van der Waals surface area (Å²) in [6.07, 6.45) is 1.78. The summed E-state index contributed by atoms with van der Waals surface area (Å²) < 4.78 is 0. The van der Waals surface area contributed by atoms with E-state index in [1.54, 1.807) is 6.20 Å². The number of hydrogen-bond donors (Lipinski definition) is 1. The van der Waals surface area contributed by atoms with Crippen LogP contribution in [0.5, 0.6) is 0 Å². The largest absolute Gasteiger partial charge is 0.383 e. The van der Waals surface area contributed by atoms with Gasteiger partial charge in [-0.05, 0) is 24.3 Å². The molecule has 0 amide bonds. The Labute approximate surface area is 115 Å². The van der Waals surface area contributed by atoms with Gasteiger partial charge in [-0.3, -0.25) is 4.98 Å². The molecule has 0 unspecified atom stereocenters. The lowest BCUT2D eigenvalue weighted by Crippen LogP contribution is -1.97. The van der Waals surface area contributed by atoms with Crippen LogP contribution in [0.3, 0.4) is 0 Å². The number of anilines is 1. The predicted octanol–water partition coefficient (Wildman–Crippen LogP) is 2.90. The van der Waals surface area contributed by atoms with Gasteiger partial charge in [-0.2, -0.15) is 0 Å². The third kappa shape index (κ3) is 2.66. The second kappa shape index (κ2) is 5.24. The first-order valence-electron chi connectivity index (χ1n) is 5.88. The molecule has 0 atom stereocenters. The number of fused-ring (bicyclic) bond motifs is 1. The molecule has 2 heterocycles. The Morgan fingerprint density at radius 3 is 2.68 bits per heavy atom. The molecule has 0 aliphatic heterocycles. The molecule has 3 aromatic rings. The van der Waals surface area contributed by atoms with Gasteiger partial charge < -0.3 is 5.73 Å². The highest BCUT2D eigenvalue weighted by atomic mass is 32.2. The van der Waals surface area contributed by atoms with Gasteiger partial charge in [-0.1, -0.05) is 30.0 Å². The van der Waals surface area contributed by atoms with E-state index in [4.69, 9.17) is 5.73 Å². The first-order valence-corrected chi connectivity index (χ1v) is 6.86. The van der Waals surface area contributed by atoms with Gasteiger partial charge in [0.15, 0.2) is 5.16 Å². The maximum Gasteiger partial charge on any atom is 0.190 e. The molecule has 3 rings (SSSR count). The molecular formula is C14H12N4S. The Balaban J connectivity index is 1.85. The Bertz CT molecular complexity index is 700. The summed E-state index contributed by atoms with van der Waals surface area (Å²) in [5, 5.41) is 1.58. The van der Waals surface area contributed by atoms with Crippen molar-refractivity contribution >= 4 is 28.5 Å². The number of hydrogen-bond acceptors (Lipinski definition) is 5. The zero-order valence-corrected chi connectivity index (χ0v) is 11.0. The van der Waals surface area contributed by atoms with E-state index in [0.29, 0.717) is 11.0 Å². The predicted molar refractivity (Wildman–Crippen MR) is 77.7 cm³/mol. The molecule has 0 aliphatic carbocycles. The fourth-order valence-corrected chi connectivity index (χ4v) is 2.54. The number of nitrogens with two attached hydrogens (primary N) is 1. The van der Waals surface area contributed by atoms with Gasteiger partial charge in [0.2, 0.25) is 0 Å². The van der Waals surface area contributed by atoms with Crippen LogP contribution < -0.4 is 5.73 Å². The number of rotatable bonds is 3. The highest BCUT2D eigenvalue weighted by Gasteiger charge is 2.05. The van der Waals surface area contributed by atoms with Crippen molar-refractivity contribution in [1.82, 2.24) is 15.0 Å². The average molecular weight is 268 g/mol. The van der Waals surface area contributed by atoms with Gasteiger partial charge >= 0.3 is 0 Å². The van der Waals surface area contributed by atoms with Crippen molar-refractivity contribution in [1.29, 1.82) is 0 Å². The van der Waals surface area contributed by atoms with Gasteiger partial charge in [-0.15, -0.1) is 0 Å². The number of thioether (sulfide) groups is 1. The van der Waals surface area contributed by atoms with Crippen LogP contribution in [-0.2, 0) is 5.75 Å². The SMILES string of the molecule is Nc1nc(SCc2ccccn2)nc2ccccc12. The first-order chi connectivity index (χ1) is 9.33. The van der Waals surface area contributed by atoms with Gasteiger partial charge in [0, 0.05) is 17.3 Å². The van der Waals surface area contributed by atoms with Gasteiger partial charge in [-0.25, -0.2) is 9.97 Å². The second-order valence-corrected chi connectivity index (χ2v) is 4.96. The lowest BCUT2D eigenvalue weighted by Gasteiger charge is -2.04. The minimum atomic E-state index is 0.522. The standard InChI is InChI=1S/C14H12N4S/c15-13-11-6-1-2-7-12(11)17-14(18-13)19-9-10-5-3-4-8-16-10/h1-8H,9H2,(H2,15,17,18). The first kappa shape index (κ1) is 11.9. The van der Waals surface area contributed by atoms with Crippen LogP contribution in [0.1, 0.15) is 5.69 Å². The summed E-state index contributed by atoms with van der Waals surface area (Å²) in [6.45, 7) is 0. The summed E-state index contributed by atoms with van der Waals surface area (Å²) in [7, 11) is 0. The summed E-state index contributed by atoms with van der Waals surface area (Å²) in [6, 6.07) is 13.6. The number of benzene rings is 1. The number of para-hydroxylation sites is 1. The molecule has 94 valence electrons. The lowest BCUT2D eigenvalue weighted by atomic mass is 10.2. The molecular weight excluding hydrogens is 256 g/mol. The van der Waals surface area contributed by atoms with Crippen molar-refractivity contribution in [2.24, 2.45) is 0 Å². The maximum absolute atomic E-state index is 5.95. The molecule has 2 N–H and O–H groups in total. The van der Waals surface area contributed by atoms with Crippen molar-refractivity contribution in [3.63, 3.8) is 0 Å². The molecule has 1 aromatic carbocycles. The Kier molecular flexibility index (Phi) is 3.29. The second-order valence-electron chi connectivity index (χ2n) is 4.02. The molecule has 0 fully saturated rings. The number of nitrogens with zero attached hydrogens (tertiary/aromatic N) is 3. The molecule has 0 radical (unpaired) electrons. The topological polar surface area (TPSA) is 64.7 Å². The van der Waals surface area contributed by atoms with Crippen molar-refractivity contribution in [2.75, 3.05) is 5.73 Å². The zero-order chi connectivity index (χ0) is 13.1. The van der Waals surface area contributed by atoms with Gasteiger partial charge in [0.25, 0.3) is 0 Å². The van der Waals surface area contributed by atoms with Gasteiger partial charge in [0.05, 0.1) is 11.2 Å². The van der Waals surface area contributed by atoms with E-state index < -0.39 is 0 Å². The van der Waals surface area contributed by atoms with Crippen LogP contribution >= 0.6 is 11.8 Å². The molecule has 2 aromatic heterocycles. The number of nitrogen functional groups attached to an aromatic ring is 1. The zero-order valence-electron chi connectivity index (χ0n) is 10.2. The Morgan fingerprint density at radius 2 is 1.84 bits per heavy atom. The van der Waals surface area contributed by atoms with Gasteiger partial charge in [0.1, 0.15) is 5.82 Å². The lowest BCUT2D eigenvalue weighted by molar-refractivity contribution is 1.01. The van der Waals surface area contributed by atoms with E-state index in [-0.39, 0.29) is 0 Å². The van der Waals surface area contributed by atoms with E-state index in [1.807, 2.05) is 42.5 Å². The van der Waals surface area contributed by atoms with Crippen LogP contribution in [0.15, 0.2) is 53.8 Å². The van der Waals surface area contributed by atoms with Crippen LogP contribution in [-0.4, -0.2) is 15.0 Å². The van der Waals surface area contributed by atoms with Crippen LogP contribution in [0, 0.1) is 0 Å². The van der Waals surface area contributed by atoms with Crippen LogP contribution in [0.4, 0.5) is 5.82 Å². The van der Waals surface area contributed by atoms with Crippen molar-refractivity contribution in [3.05, 3.63) is 54.4 Å². The molecule has 19 heavy (non-hydrogen) atoms. The summed E-state index contributed by atoms with van der Waals surface area (Å²) in [4.78, 5) is 13.1. The fourth-order valence-electron chi connectivity index (χ4n) is 1.77. The molecule has 0 saturated carbocycles. The summed E-state index contributed by atoms with van der Waals surface area (Å²) in [5.74, 6) is 1.26. The maximum atomic E-state index is 5.95. The molecule has 0 bridgehead atoms. The molecule has 4 nitrogen and oxygen atoms in total. The normalized spacial score (nSPS) is 10.7. The fraction of sp³-hybridized carbons (Fsp3) is 0.0714. The summed E-state index contributed by atoms with van der Waals surface area (Å²) in [5.41, 5.74) is 7.82. The van der Waals surface area contributed by atoms with E-state index in [2.05, 4.69) is 15.0 Å². The number of pyridine rings is 1. The third-order valence-corrected chi connectivity index (χ3v) is 3.57.